The quantitative estimate of drug-likeness (QED) is 0.711. The lowest BCUT2D eigenvalue weighted by molar-refractivity contribution is -0.138. The summed E-state index contributed by atoms with van der Waals surface area (Å²) in [5.41, 5.74) is 3.30. The molecular formula is C24H26F3N5O. The number of aliphatic hydroxyl groups is 1. The molecule has 2 atom stereocenters. The fraction of sp³-hybridized carbons (Fsp3) is 0.458. The summed E-state index contributed by atoms with van der Waals surface area (Å²) in [5.74, 6) is -1.80. The van der Waals surface area contributed by atoms with Gasteiger partial charge in [0.25, 0.3) is 0 Å². The average Bonchev–Trinajstić information content (AvgIpc) is 2.79. The van der Waals surface area contributed by atoms with Crippen LogP contribution in [0.1, 0.15) is 37.3 Å². The van der Waals surface area contributed by atoms with Crippen molar-refractivity contribution in [1.82, 2.24) is 4.90 Å². The molecule has 0 bridgehead atoms. The van der Waals surface area contributed by atoms with E-state index in [1.54, 1.807) is 13.0 Å². The number of hydrogen-bond donors (Lipinski definition) is 2. The maximum absolute atomic E-state index is 13.8. The minimum absolute atomic E-state index is 0.0278. The number of allylic oxidation sites excluding steroid dienone is 2. The summed E-state index contributed by atoms with van der Waals surface area (Å²) in [6.45, 7) is 5.49. The van der Waals surface area contributed by atoms with Crippen molar-refractivity contribution >= 4 is 0 Å². The van der Waals surface area contributed by atoms with Gasteiger partial charge in [-0.2, -0.15) is 29.0 Å². The Balaban J connectivity index is 0.00000122. The van der Waals surface area contributed by atoms with Gasteiger partial charge >= 0.3 is 6.18 Å². The molecule has 0 spiro atoms. The second-order valence-corrected chi connectivity index (χ2v) is 7.84. The Bertz CT molecular complexity index is 1040. The molecule has 3 N–H and O–H groups in total. The highest BCUT2D eigenvalue weighted by molar-refractivity contribution is 5.60. The summed E-state index contributed by atoms with van der Waals surface area (Å²) >= 11 is 0. The first kappa shape index (κ1) is 25.9. The molecule has 174 valence electrons. The van der Waals surface area contributed by atoms with Crippen LogP contribution in [-0.2, 0) is 6.18 Å². The number of nitrogens with zero attached hydrogens (tertiary/aromatic N) is 4. The van der Waals surface area contributed by atoms with E-state index >= 15 is 0 Å². The first-order valence-electron chi connectivity index (χ1n) is 10.6. The van der Waals surface area contributed by atoms with Crippen LogP contribution in [0.2, 0.25) is 0 Å². The number of fused-ring (bicyclic) bond motifs is 1. The molecule has 0 amide bonds. The van der Waals surface area contributed by atoms with Crippen LogP contribution >= 0.6 is 0 Å². The highest BCUT2D eigenvalue weighted by Gasteiger charge is 2.56. The molecule has 1 aromatic rings. The second-order valence-electron chi connectivity index (χ2n) is 7.84. The predicted octanol–water partition coefficient (Wildman–Crippen LogP) is 3.84. The fourth-order valence-corrected chi connectivity index (χ4v) is 4.61. The molecule has 0 saturated carbocycles. The summed E-state index contributed by atoms with van der Waals surface area (Å²) in [6.07, 6.45) is -2.04. The third-order valence-electron chi connectivity index (χ3n) is 5.88. The van der Waals surface area contributed by atoms with Gasteiger partial charge in [-0.15, -0.1) is 0 Å². The van der Waals surface area contributed by atoms with Gasteiger partial charge < -0.3 is 10.8 Å². The molecule has 9 heteroatoms. The molecule has 33 heavy (non-hydrogen) atoms. The lowest BCUT2D eigenvalue weighted by Crippen LogP contribution is -2.48. The van der Waals surface area contributed by atoms with Crippen LogP contribution in [0.3, 0.4) is 0 Å². The second kappa shape index (κ2) is 10.5. The summed E-state index contributed by atoms with van der Waals surface area (Å²) in [6, 6.07) is 10.7. The molecule has 6 nitrogen and oxygen atoms in total. The van der Waals surface area contributed by atoms with E-state index in [0.717, 1.165) is 12.5 Å². The van der Waals surface area contributed by atoms with Gasteiger partial charge in [-0.3, -0.25) is 4.90 Å². The van der Waals surface area contributed by atoms with Crippen LogP contribution in [0.5, 0.6) is 0 Å². The first-order chi connectivity index (χ1) is 15.7. The molecule has 1 aliphatic carbocycles. The molecule has 0 aromatic heterocycles. The van der Waals surface area contributed by atoms with Crippen molar-refractivity contribution in [3.63, 3.8) is 0 Å². The van der Waals surface area contributed by atoms with Crippen molar-refractivity contribution in [2.24, 2.45) is 17.1 Å². The lowest BCUT2D eigenvalue weighted by atomic mass is 9.57. The summed E-state index contributed by atoms with van der Waals surface area (Å²) < 4.78 is 41.5. The molecule has 1 aromatic carbocycles. The number of alkyl halides is 3. The van der Waals surface area contributed by atoms with Gasteiger partial charge in [-0.05, 0) is 37.1 Å². The fourth-order valence-electron chi connectivity index (χ4n) is 4.61. The van der Waals surface area contributed by atoms with E-state index in [4.69, 9.17) is 10.8 Å². The number of rotatable bonds is 3. The van der Waals surface area contributed by atoms with Gasteiger partial charge in [-0.25, -0.2) is 0 Å². The van der Waals surface area contributed by atoms with Crippen LogP contribution in [0, 0.1) is 45.3 Å². The molecule has 0 fully saturated rings. The average molecular weight is 458 g/mol. The number of aliphatic hydroxyl groups excluding tert-OH is 1. The zero-order valence-corrected chi connectivity index (χ0v) is 18.5. The molecule has 1 heterocycles. The van der Waals surface area contributed by atoms with Crippen LogP contribution < -0.4 is 5.73 Å². The van der Waals surface area contributed by atoms with Crippen LogP contribution in [0.4, 0.5) is 13.2 Å². The summed E-state index contributed by atoms with van der Waals surface area (Å²) in [4.78, 5) is 2.05. The molecule has 3 rings (SSSR count). The van der Waals surface area contributed by atoms with Crippen molar-refractivity contribution in [3.05, 3.63) is 58.3 Å². The Morgan fingerprint density at radius 1 is 1.18 bits per heavy atom. The van der Waals surface area contributed by atoms with Crippen LogP contribution in [0.15, 0.2) is 47.2 Å². The molecular weight excluding hydrogens is 431 g/mol. The maximum atomic E-state index is 13.8. The monoisotopic (exact) mass is 457 g/mol. The van der Waals surface area contributed by atoms with Crippen molar-refractivity contribution < 1.29 is 18.3 Å². The minimum Gasteiger partial charge on any atom is -0.399 e. The predicted molar refractivity (Wildman–Crippen MR) is 116 cm³/mol. The van der Waals surface area contributed by atoms with Crippen LogP contribution in [0.25, 0.3) is 0 Å². The highest BCUT2D eigenvalue weighted by Crippen LogP contribution is 2.55. The maximum Gasteiger partial charge on any atom is 0.416 e. The van der Waals surface area contributed by atoms with Crippen molar-refractivity contribution in [2.75, 3.05) is 26.2 Å². The summed E-state index contributed by atoms with van der Waals surface area (Å²) in [7, 11) is 0. The van der Waals surface area contributed by atoms with E-state index in [1.165, 1.54) is 18.2 Å². The SMILES string of the molecule is CCCN1CC=C2C(C#N)=C(N)C(C#N)(C#N)C(c3ccccc3C(F)(F)F)C2C1.CCO. The van der Waals surface area contributed by atoms with Gasteiger partial charge in [0, 0.05) is 31.5 Å². The molecule has 0 radical (unpaired) electrons. The number of nitriles is 3. The standard InChI is InChI=1S/C22H20F3N5.C2H6O/c1-2-8-30-9-7-14-16(10-26)20(29)21(12-27,13-28)19(17(14)11-30)15-5-3-4-6-18(15)22(23,24)25;1-2-3/h3-7,17,19H,2,8-9,11,29H2,1H3;3H,2H2,1H3. The van der Waals surface area contributed by atoms with Gasteiger partial charge in [0.05, 0.1) is 29.0 Å². The van der Waals surface area contributed by atoms with Crippen LogP contribution in [-0.4, -0.2) is 36.2 Å². The van der Waals surface area contributed by atoms with Crippen molar-refractivity contribution in [2.45, 2.75) is 32.4 Å². The van der Waals surface area contributed by atoms with Crippen molar-refractivity contribution in [3.8, 4) is 18.2 Å². The number of halogens is 3. The molecule has 2 unspecified atom stereocenters. The first-order valence-corrected chi connectivity index (χ1v) is 10.6. The topological polar surface area (TPSA) is 121 Å². The van der Waals surface area contributed by atoms with E-state index in [-0.39, 0.29) is 23.4 Å². The highest BCUT2D eigenvalue weighted by atomic mass is 19.4. The zero-order valence-electron chi connectivity index (χ0n) is 18.5. The Kier molecular flexibility index (Phi) is 8.28. The van der Waals surface area contributed by atoms with E-state index in [0.29, 0.717) is 25.2 Å². The summed E-state index contributed by atoms with van der Waals surface area (Å²) in [5, 5.41) is 37.3. The Morgan fingerprint density at radius 3 is 2.30 bits per heavy atom. The largest absolute Gasteiger partial charge is 0.416 e. The van der Waals surface area contributed by atoms with Gasteiger partial charge in [0.1, 0.15) is 6.07 Å². The smallest absolute Gasteiger partial charge is 0.399 e. The van der Waals surface area contributed by atoms with Gasteiger partial charge in [0.15, 0.2) is 5.41 Å². The number of benzene rings is 1. The Hall–Kier alpha value is -3.32. The molecule has 1 aliphatic heterocycles. The number of hydrogen-bond acceptors (Lipinski definition) is 6. The zero-order chi connectivity index (χ0) is 24.8. The van der Waals surface area contributed by atoms with E-state index in [2.05, 4.69) is 0 Å². The van der Waals surface area contributed by atoms with Crippen molar-refractivity contribution in [1.29, 1.82) is 15.8 Å². The Morgan fingerprint density at radius 2 is 1.79 bits per heavy atom. The Labute approximate surface area is 191 Å². The van der Waals surface area contributed by atoms with E-state index in [9.17, 15) is 29.0 Å². The minimum atomic E-state index is -4.66. The number of nitrogens with two attached hydrogens (primary N) is 1. The third kappa shape index (κ3) is 4.73. The van der Waals surface area contributed by atoms with E-state index < -0.39 is 29.0 Å². The lowest BCUT2D eigenvalue weighted by Gasteiger charge is -2.46. The molecule has 2 aliphatic rings. The third-order valence-corrected chi connectivity index (χ3v) is 5.88. The van der Waals surface area contributed by atoms with E-state index in [1.807, 2.05) is 30.0 Å². The van der Waals surface area contributed by atoms with Gasteiger partial charge in [-0.1, -0.05) is 31.2 Å². The molecule has 0 saturated heterocycles. The normalized spacial score (nSPS) is 22.0. The van der Waals surface area contributed by atoms with Gasteiger partial charge in [0.2, 0.25) is 0 Å².